The predicted octanol–water partition coefficient (Wildman–Crippen LogP) is 3.59. The van der Waals surface area contributed by atoms with Crippen LogP contribution in [0.5, 0.6) is 0 Å². The van der Waals surface area contributed by atoms with Gasteiger partial charge in [-0.1, -0.05) is 24.3 Å². The minimum absolute atomic E-state index is 0.991. The van der Waals surface area contributed by atoms with Gasteiger partial charge in [-0.05, 0) is 31.0 Å². The summed E-state index contributed by atoms with van der Waals surface area (Å²) in [6.45, 7) is 4.22. The Balaban J connectivity index is 2.29. The number of aryl methyl sites for hydroxylation is 2. The number of nitrogens with one attached hydrogen (secondary N) is 1. The highest BCUT2D eigenvalue weighted by Gasteiger charge is 2.11. The maximum atomic E-state index is 4.72. The molecule has 0 amide bonds. The second-order valence-electron chi connectivity index (χ2n) is 4.87. The summed E-state index contributed by atoms with van der Waals surface area (Å²) in [5, 5.41) is 1.20. The first-order valence-electron chi connectivity index (χ1n) is 6.10. The number of H-pyrrole nitrogens is 1. The Labute approximate surface area is 104 Å². The molecular formula is C15H13N3. The van der Waals surface area contributed by atoms with Crippen molar-refractivity contribution < 1.29 is 0 Å². The molecule has 1 aromatic carbocycles. The maximum Gasteiger partial charge on any atom is 0.143 e. The van der Waals surface area contributed by atoms with Crippen molar-refractivity contribution in [3.05, 3.63) is 47.7 Å². The van der Waals surface area contributed by atoms with Gasteiger partial charge in [0, 0.05) is 11.6 Å². The van der Waals surface area contributed by atoms with Crippen molar-refractivity contribution in [1.29, 1.82) is 0 Å². The molecule has 0 spiro atoms. The van der Waals surface area contributed by atoms with Crippen molar-refractivity contribution in [2.45, 2.75) is 13.8 Å². The first-order valence-corrected chi connectivity index (χ1v) is 6.10. The molecule has 0 bridgehead atoms. The molecular weight excluding hydrogens is 222 g/mol. The van der Waals surface area contributed by atoms with Gasteiger partial charge in [-0.15, -0.1) is 0 Å². The zero-order chi connectivity index (χ0) is 12.3. The third kappa shape index (κ3) is 1.11. The number of nitrogens with zero attached hydrogens (tertiary/aromatic N) is 2. The van der Waals surface area contributed by atoms with Crippen LogP contribution < -0.4 is 0 Å². The SMILES string of the molecule is Cc1ccc2nc3c4cccc(C)c4[nH]c3n2c1. The van der Waals surface area contributed by atoms with Crippen LogP contribution in [0.4, 0.5) is 0 Å². The monoisotopic (exact) mass is 235 g/mol. The molecule has 3 heterocycles. The Morgan fingerprint density at radius 1 is 1.11 bits per heavy atom. The van der Waals surface area contributed by atoms with Crippen LogP contribution in [0.25, 0.3) is 27.7 Å². The molecule has 0 saturated carbocycles. The molecule has 0 aliphatic heterocycles. The summed E-state index contributed by atoms with van der Waals surface area (Å²) in [5.74, 6) is 0. The van der Waals surface area contributed by atoms with Crippen LogP contribution >= 0.6 is 0 Å². The standard InChI is InChI=1S/C15H13N3/c1-9-6-7-12-16-14-11-5-3-4-10(2)13(11)17-15(14)18(12)8-9/h3-8,17H,1-2H3. The summed E-state index contributed by atoms with van der Waals surface area (Å²) < 4.78 is 2.13. The van der Waals surface area contributed by atoms with Crippen molar-refractivity contribution in [3.63, 3.8) is 0 Å². The summed E-state index contributed by atoms with van der Waals surface area (Å²) in [5.41, 5.74) is 6.80. The van der Waals surface area contributed by atoms with Gasteiger partial charge in [0.2, 0.25) is 0 Å². The molecule has 0 radical (unpaired) electrons. The Kier molecular flexibility index (Phi) is 1.69. The van der Waals surface area contributed by atoms with Crippen LogP contribution in [0, 0.1) is 13.8 Å². The van der Waals surface area contributed by atoms with Crippen molar-refractivity contribution in [2.24, 2.45) is 0 Å². The lowest BCUT2D eigenvalue weighted by atomic mass is 10.1. The number of pyridine rings is 1. The van der Waals surface area contributed by atoms with E-state index < -0.39 is 0 Å². The number of benzene rings is 1. The maximum absolute atomic E-state index is 4.72. The van der Waals surface area contributed by atoms with Crippen LogP contribution in [-0.4, -0.2) is 14.4 Å². The van der Waals surface area contributed by atoms with Crippen LogP contribution in [0.3, 0.4) is 0 Å². The number of rotatable bonds is 0. The Hall–Kier alpha value is -2.29. The third-order valence-electron chi connectivity index (χ3n) is 3.54. The fraction of sp³-hybridized carbons (Fsp3) is 0.133. The van der Waals surface area contributed by atoms with Gasteiger partial charge in [0.25, 0.3) is 0 Å². The fourth-order valence-corrected chi connectivity index (χ4v) is 2.61. The zero-order valence-corrected chi connectivity index (χ0v) is 10.4. The second-order valence-corrected chi connectivity index (χ2v) is 4.87. The van der Waals surface area contributed by atoms with Gasteiger partial charge < -0.3 is 4.98 Å². The van der Waals surface area contributed by atoms with E-state index in [9.17, 15) is 0 Å². The first-order chi connectivity index (χ1) is 8.74. The molecule has 0 unspecified atom stereocenters. The average molecular weight is 235 g/mol. The molecule has 0 aliphatic rings. The summed E-state index contributed by atoms with van der Waals surface area (Å²) in [7, 11) is 0. The molecule has 1 N–H and O–H groups in total. The first kappa shape index (κ1) is 9.71. The Bertz CT molecular complexity index is 896. The fourth-order valence-electron chi connectivity index (χ4n) is 2.61. The number of hydrogen-bond acceptors (Lipinski definition) is 1. The Morgan fingerprint density at radius 3 is 2.89 bits per heavy atom. The van der Waals surface area contributed by atoms with E-state index in [1.807, 2.05) is 0 Å². The van der Waals surface area contributed by atoms with Gasteiger partial charge in [0.15, 0.2) is 0 Å². The third-order valence-corrected chi connectivity index (χ3v) is 3.54. The van der Waals surface area contributed by atoms with Gasteiger partial charge in [-0.2, -0.15) is 0 Å². The highest BCUT2D eigenvalue weighted by molar-refractivity contribution is 6.06. The molecule has 0 atom stereocenters. The quantitative estimate of drug-likeness (QED) is 0.496. The molecule has 18 heavy (non-hydrogen) atoms. The number of fused-ring (bicyclic) bond motifs is 5. The van der Waals surface area contributed by atoms with Crippen LogP contribution in [0.2, 0.25) is 0 Å². The van der Waals surface area contributed by atoms with E-state index >= 15 is 0 Å². The average Bonchev–Trinajstić information content (AvgIpc) is 2.87. The molecule has 0 saturated heterocycles. The molecule has 4 aromatic rings. The number of aromatic nitrogens is 3. The van der Waals surface area contributed by atoms with Gasteiger partial charge in [0.1, 0.15) is 16.8 Å². The second kappa shape index (κ2) is 3.13. The van der Waals surface area contributed by atoms with E-state index in [-0.39, 0.29) is 0 Å². The van der Waals surface area contributed by atoms with Crippen LogP contribution in [0.15, 0.2) is 36.5 Å². The van der Waals surface area contributed by atoms with Gasteiger partial charge in [-0.25, -0.2) is 4.98 Å². The smallest absolute Gasteiger partial charge is 0.143 e. The highest BCUT2D eigenvalue weighted by atomic mass is 15.1. The lowest BCUT2D eigenvalue weighted by Crippen LogP contribution is -1.86. The Morgan fingerprint density at radius 2 is 2.00 bits per heavy atom. The van der Waals surface area contributed by atoms with Crippen molar-refractivity contribution in [3.8, 4) is 0 Å². The summed E-state index contributed by atoms with van der Waals surface area (Å²) >= 11 is 0. The topological polar surface area (TPSA) is 33.1 Å². The van der Waals surface area contributed by atoms with E-state index in [0.717, 1.165) is 16.8 Å². The molecule has 3 nitrogen and oxygen atoms in total. The lowest BCUT2D eigenvalue weighted by Gasteiger charge is -1.97. The van der Waals surface area contributed by atoms with Gasteiger partial charge in [0.05, 0.1) is 5.52 Å². The zero-order valence-electron chi connectivity index (χ0n) is 10.4. The highest BCUT2D eigenvalue weighted by Crippen LogP contribution is 2.27. The van der Waals surface area contributed by atoms with E-state index in [1.165, 1.54) is 22.0 Å². The molecule has 0 aliphatic carbocycles. The number of imidazole rings is 1. The minimum Gasteiger partial charge on any atom is -0.339 e. The number of aromatic amines is 1. The molecule has 88 valence electrons. The molecule has 3 heteroatoms. The van der Waals surface area contributed by atoms with Crippen molar-refractivity contribution >= 4 is 27.7 Å². The van der Waals surface area contributed by atoms with Crippen LogP contribution in [0.1, 0.15) is 11.1 Å². The molecule has 3 aromatic heterocycles. The molecule has 0 fully saturated rings. The van der Waals surface area contributed by atoms with Crippen molar-refractivity contribution in [1.82, 2.24) is 14.4 Å². The summed E-state index contributed by atoms with van der Waals surface area (Å²) in [6.07, 6.45) is 2.12. The summed E-state index contributed by atoms with van der Waals surface area (Å²) in [6, 6.07) is 10.5. The van der Waals surface area contributed by atoms with Crippen molar-refractivity contribution in [2.75, 3.05) is 0 Å². The largest absolute Gasteiger partial charge is 0.339 e. The van der Waals surface area contributed by atoms with Crippen LogP contribution in [-0.2, 0) is 0 Å². The lowest BCUT2D eigenvalue weighted by molar-refractivity contribution is 1.17. The van der Waals surface area contributed by atoms with E-state index in [4.69, 9.17) is 4.98 Å². The molecule has 4 rings (SSSR count). The van der Waals surface area contributed by atoms with E-state index in [1.54, 1.807) is 0 Å². The summed E-state index contributed by atoms with van der Waals surface area (Å²) in [4.78, 5) is 8.21. The number of para-hydroxylation sites is 1. The van der Waals surface area contributed by atoms with E-state index in [2.05, 4.69) is 59.8 Å². The minimum atomic E-state index is 0.991. The number of hydrogen-bond donors (Lipinski definition) is 1. The predicted molar refractivity (Wildman–Crippen MR) is 74.0 cm³/mol. The van der Waals surface area contributed by atoms with Gasteiger partial charge in [-0.3, -0.25) is 4.40 Å². The van der Waals surface area contributed by atoms with E-state index in [0.29, 0.717) is 0 Å². The normalized spacial score (nSPS) is 11.9. The van der Waals surface area contributed by atoms with Gasteiger partial charge >= 0.3 is 0 Å².